The number of fused-ring (bicyclic) bond motifs is 1. The Morgan fingerprint density at radius 3 is 2.79 bits per heavy atom. The van der Waals surface area contributed by atoms with Crippen LogP contribution in [0.25, 0.3) is 0 Å². The van der Waals surface area contributed by atoms with E-state index in [9.17, 15) is 9.18 Å². The van der Waals surface area contributed by atoms with Crippen molar-refractivity contribution in [2.45, 2.75) is 26.2 Å². The fourth-order valence-electron chi connectivity index (χ4n) is 3.58. The Morgan fingerprint density at radius 2 is 2.00 bits per heavy atom. The van der Waals surface area contributed by atoms with Gasteiger partial charge in [0.15, 0.2) is 0 Å². The summed E-state index contributed by atoms with van der Waals surface area (Å²) < 4.78 is 20.9. The lowest BCUT2D eigenvalue weighted by Gasteiger charge is -2.28. The summed E-state index contributed by atoms with van der Waals surface area (Å²) >= 11 is 0. The largest absolute Gasteiger partial charge is 0.370 e. The second-order valence-corrected chi connectivity index (χ2v) is 7.09. The summed E-state index contributed by atoms with van der Waals surface area (Å²) in [5.41, 5.74) is 4.52. The van der Waals surface area contributed by atoms with Crippen LogP contribution < -0.4 is 5.32 Å². The predicted octanol–water partition coefficient (Wildman–Crippen LogP) is 3.87. The fraction of sp³-hybridized carbons (Fsp3) is 0.273. The molecule has 0 saturated heterocycles. The van der Waals surface area contributed by atoms with E-state index in [4.69, 9.17) is 4.74 Å². The van der Waals surface area contributed by atoms with Crippen molar-refractivity contribution >= 4 is 11.7 Å². The number of hydrogen-bond acceptors (Lipinski definition) is 3. The van der Waals surface area contributed by atoms with Crippen LogP contribution in [-0.4, -0.2) is 27.3 Å². The minimum Gasteiger partial charge on any atom is -0.370 e. The van der Waals surface area contributed by atoms with Gasteiger partial charge in [-0.15, -0.1) is 0 Å². The molecule has 2 heterocycles. The molecule has 0 unspecified atom stereocenters. The number of aryl methyl sites for hydroxylation is 1. The van der Waals surface area contributed by atoms with E-state index in [0.717, 1.165) is 34.6 Å². The van der Waals surface area contributed by atoms with Crippen LogP contribution in [0.1, 0.15) is 22.5 Å². The van der Waals surface area contributed by atoms with E-state index in [-0.39, 0.29) is 11.8 Å². The molecule has 2 aromatic carbocycles. The Hall–Kier alpha value is -3.19. The van der Waals surface area contributed by atoms with Gasteiger partial charge < -0.3 is 15.0 Å². The topological polar surface area (TPSA) is 59.4 Å². The number of carbonyl (C=O) groups is 1. The number of ether oxygens (including phenoxy) is 1. The van der Waals surface area contributed by atoms with Crippen molar-refractivity contribution in [1.29, 1.82) is 0 Å². The average Bonchev–Trinajstić information content (AvgIpc) is 3.04. The lowest BCUT2D eigenvalue weighted by Crippen LogP contribution is -2.39. The summed E-state index contributed by atoms with van der Waals surface area (Å²) in [4.78, 5) is 14.4. The summed E-state index contributed by atoms with van der Waals surface area (Å²) in [5.74, 6) is -0.276. The first-order chi connectivity index (χ1) is 14.1. The highest BCUT2D eigenvalue weighted by Crippen LogP contribution is 2.24. The third-order valence-corrected chi connectivity index (χ3v) is 5.03. The van der Waals surface area contributed by atoms with Crippen molar-refractivity contribution in [3.63, 3.8) is 0 Å². The maximum atomic E-state index is 13.3. The minimum absolute atomic E-state index is 0.127. The second-order valence-electron chi connectivity index (χ2n) is 7.09. The maximum absolute atomic E-state index is 13.3. The molecule has 1 aromatic heterocycles. The van der Waals surface area contributed by atoms with Crippen molar-refractivity contribution in [2.75, 3.05) is 11.9 Å². The van der Waals surface area contributed by atoms with Crippen molar-refractivity contribution in [2.24, 2.45) is 7.05 Å². The molecule has 2 amide bonds. The number of carbonyl (C=O) groups excluding carboxylic acids is 1. The van der Waals surface area contributed by atoms with Gasteiger partial charge >= 0.3 is 6.03 Å². The first kappa shape index (κ1) is 19.1. The standard InChI is InChI=1S/C22H23FN4O2/c1-26-21-10-11-27(22(28)24-18-8-3-2-4-9-18)13-19(21)20(25-26)15-29-14-16-6-5-7-17(23)12-16/h2-9,12H,10-11,13-15H2,1H3,(H,24,28). The van der Waals surface area contributed by atoms with Gasteiger partial charge in [-0.25, -0.2) is 9.18 Å². The van der Waals surface area contributed by atoms with E-state index in [1.165, 1.54) is 12.1 Å². The Kier molecular flexibility index (Phi) is 5.57. The van der Waals surface area contributed by atoms with Crippen molar-refractivity contribution in [1.82, 2.24) is 14.7 Å². The van der Waals surface area contributed by atoms with E-state index < -0.39 is 0 Å². The predicted molar refractivity (Wildman–Crippen MR) is 108 cm³/mol. The van der Waals surface area contributed by atoms with Crippen molar-refractivity contribution in [3.8, 4) is 0 Å². The number of benzene rings is 2. The molecule has 0 spiro atoms. The van der Waals surface area contributed by atoms with Gasteiger partial charge in [-0.05, 0) is 29.8 Å². The number of amides is 2. The zero-order valence-corrected chi connectivity index (χ0v) is 16.3. The van der Waals surface area contributed by atoms with Crippen LogP contribution in [-0.2, 0) is 38.0 Å². The quantitative estimate of drug-likeness (QED) is 0.715. The monoisotopic (exact) mass is 394 g/mol. The summed E-state index contributed by atoms with van der Waals surface area (Å²) in [6.45, 7) is 1.74. The smallest absolute Gasteiger partial charge is 0.322 e. The van der Waals surface area contributed by atoms with Crippen LogP contribution in [0.2, 0.25) is 0 Å². The zero-order chi connectivity index (χ0) is 20.2. The number of rotatable bonds is 5. The van der Waals surface area contributed by atoms with Gasteiger partial charge in [-0.2, -0.15) is 5.10 Å². The van der Waals surface area contributed by atoms with Crippen LogP contribution >= 0.6 is 0 Å². The highest BCUT2D eigenvalue weighted by molar-refractivity contribution is 5.89. The van der Waals surface area contributed by atoms with Gasteiger partial charge in [0.1, 0.15) is 5.82 Å². The average molecular weight is 394 g/mol. The van der Waals surface area contributed by atoms with E-state index in [2.05, 4.69) is 10.4 Å². The van der Waals surface area contributed by atoms with Crippen LogP contribution in [0.15, 0.2) is 54.6 Å². The normalized spacial score (nSPS) is 13.2. The Balaban J connectivity index is 1.41. The maximum Gasteiger partial charge on any atom is 0.322 e. The van der Waals surface area contributed by atoms with E-state index in [1.807, 2.05) is 48.1 Å². The van der Waals surface area contributed by atoms with Crippen LogP contribution in [0.5, 0.6) is 0 Å². The van der Waals surface area contributed by atoms with Gasteiger partial charge in [-0.1, -0.05) is 30.3 Å². The number of urea groups is 1. The zero-order valence-electron chi connectivity index (χ0n) is 16.3. The number of anilines is 1. The number of para-hydroxylation sites is 1. The first-order valence-electron chi connectivity index (χ1n) is 9.57. The van der Waals surface area contributed by atoms with E-state index >= 15 is 0 Å². The summed E-state index contributed by atoms with van der Waals surface area (Å²) in [5, 5.41) is 7.51. The molecule has 150 valence electrons. The van der Waals surface area contributed by atoms with E-state index in [1.54, 1.807) is 11.0 Å². The molecule has 3 aromatic rings. The number of nitrogens with zero attached hydrogens (tertiary/aromatic N) is 3. The van der Waals surface area contributed by atoms with Gasteiger partial charge in [0.2, 0.25) is 0 Å². The molecular formula is C22H23FN4O2. The third kappa shape index (κ3) is 4.46. The number of aromatic nitrogens is 2. The van der Waals surface area contributed by atoms with Crippen LogP contribution in [0.3, 0.4) is 0 Å². The van der Waals surface area contributed by atoms with E-state index in [0.29, 0.717) is 26.3 Å². The van der Waals surface area contributed by atoms with Gasteiger partial charge in [-0.3, -0.25) is 4.68 Å². The molecule has 4 rings (SSSR count). The molecule has 0 aliphatic carbocycles. The molecule has 0 bridgehead atoms. The van der Waals surface area contributed by atoms with Crippen molar-refractivity contribution in [3.05, 3.63) is 82.9 Å². The lowest BCUT2D eigenvalue weighted by molar-refractivity contribution is 0.103. The highest BCUT2D eigenvalue weighted by Gasteiger charge is 2.26. The number of hydrogen-bond donors (Lipinski definition) is 1. The molecular weight excluding hydrogens is 371 g/mol. The van der Waals surface area contributed by atoms with Crippen LogP contribution in [0.4, 0.5) is 14.9 Å². The Bertz CT molecular complexity index is 1000. The SMILES string of the molecule is Cn1nc(COCc2cccc(F)c2)c2c1CCN(C(=O)Nc1ccccc1)C2. The molecule has 1 N–H and O–H groups in total. The van der Waals surface area contributed by atoms with Gasteiger partial charge in [0.25, 0.3) is 0 Å². The fourth-order valence-corrected chi connectivity index (χ4v) is 3.58. The number of nitrogens with one attached hydrogen (secondary N) is 1. The minimum atomic E-state index is -0.276. The van der Waals surface area contributed by atoms with Crippen LogP contribution in [0, 0.1) is 5.82 Å². The Morgan fingerprint density at radius 1 is 1.17 bits per heavy atom. The molecule has 29 heavy (non-hydrogen) atoms. The first-order valence-corrected chi connectivity index (χ1v) is 9.57. The molecule has 0 saturated carbocycles. The molecule has 7 heteroatoms. The second kappa shape index (κ2) is 8.45. The molecule has 1 aliphatic heterocycles. The summed E-state index contributed by atoms with van der Waals surface area (Å²) in [6.07, 6.45) is 0.741. The molecule has 0 fully saturated rings. The molecule has 0 atom stereocenters. The molecule has 6 nitrogen and oxygen atoms in total. The highest BCUT2D eigenvalue weighted by atomic mass is 19.1. The summed E-state index contributed by atoms with van der Waals surface area (Å²) in [6, 6.07) is 15.7. The molecule has 0 radical (unpaired) electrons. The lowest BCUT2D eigenvalue weighted by atomic mass is 10.1. The number of halogens is 1. The van der Waals surface area contributed by atoms with Crippen molar-refractivity contribution < 1.29 is 13.9 Å². The Labute approximate surface area is 168 Å². The third-order valence-electron chi connectivity index (χ3n) is 5.03. The summed E-state index contributed by atoms with van der Waals surface area (Å²) in [7, 11) is 1.91. The van der Waals surface area contributed by atoms with Gasteiger partial charge in [0.05, 0.1) is 25.5 Å². The molecule has 1 aliphatic rings. The van der Waals surface area contributed by atoms with Gasteiger partial charge in [0, 0.05) is 37.0 Å².